The number of nitrogens with zero attached hydrogens (tertiary/aromatic N) is 5. The maximum Gasteiger partial charge on any atom is 0.326 e. The van der Waals surface area contributed by atoms with Crippen molar-refractivity contribution in [1.29, 1.82) is 0 Å². The van der Waals surface area contributed by atoms with Gasteiger partial charge < -0.3 is 25.3 Å². The molecule has 3 N–H and O–H groups in total. The Morgan fingerprint density at radius 1 is 1.18 bits per heavy atom. The zero-order chi connectivity index (χ0) is 22.7. The number of aromatic amines is 1. The molecule has 3 aromatic heterocycles. The number of benzene rings is 1. The number of aryl methyl sites for hydroxylation is 1. The molecule has 2 aliphatic heterocycles. The van der Waals surface area contributed by atoms with E-state index in [1.165, 1.54) is 12.1 Å². The van der Waals surface area contributed by atoms with Crippen LogP contribution in [0.5, 0.6) is 11.8 Å². The lowest BCUT2D eigenvalue weighted by molar-refractivity contribution is 0.439. The number of hydrogen-bond donors (Lipinski definition) is 3. The van der Waals surface area contributed by atoms with Gasteiger partial charge in [-0.15, -0.1) is 0 Å². The fraction of sp³-hybridized carbons (Fsp3) is 0.391. The molecule has 3 unspecified atom stereocenters. The summed E-state index contributed by atoms with van der Waals surface area (Å²) in [6, 6.07) is 4.13. The highest BCUT2D eigenvalue weighted by Gasteiger charge is 2.40. The number of anilines is 2. The van der Waals surface area contributed by atoms with Gasteiger partial charge in [-0.25, -0.2) is 14.4 Å². The Hall–Kier alpha value is -3.53. The summed E-state index contributed by atoms with van der Waals surface area (Å²) in [7, 11) is 1.77. The minimum absolute atomic E-state index is 0.196. The lowest BCUT2D eigenvalue weighted by Crippen LogP contribution is -2.34. The Balaban J connectivity index is 1.51. The molecule has 2 aliphatic rings. The van der Waals surface area contributed by atoms with Gasteiger partial charge in [0, 0.05) is 37.6 Å². The molecule has 0 radical (unpaired) electrons. The monoisotopic (exact) mass is 448 g/mol. The van der Waals surface area contributed by atoms with Crippen LogP contribution in [-0.4, -0.2) is 57.1 Å². The van der Waals surface area contributed by atoms with E-state index in [0.29, 0.717) is 40.9 Å². The molecule has 3 atom stereocenters. The van der Waals surface area contributed by atoms with Crippen LogP contribution in [-0.2, 0) is 0 Å². The topological polar surface area (TPSA) is 104 Å². The van der Waals surface area contributed by atoms with Gasteiger partial charge in [-0.3, -0.25) is 0 Å². The molecule has 170 valence electrons. The summed E-state index contributed by atoms with van der Waals surface area (Å²) in [4.78, 5) is 23.4. The van der Waals surface area contributed by atoms with Gasteiger partial charge in [0.1, 0.15) is 23.1 Å². The first kappa shape index (κ1) is 20.1. The van der Waals surface area contributed by atoms with Crippen molar-refractivity contribution >= 4 is 33.4 Å². The highest BCUT2D eigenvalue weighted by molar-refractivity contribution is 6.14. The van der Waals surface area contributed by atoms with E-state index in [1.54, 1.807) is 19.4 Å². The number of ether oxygens (including phenoxy) is 1. The van der Waals surface area contributed by atoms with Crippen molar-refractivity contribution in [2.24, 2.45) is 5.92 Å². The summed E-state index contributed by atoms with van der Waals surface area (Å²) >= 11 is 0. The van der Waals surface area contributed by atoms with Crippen LogP contribution in [0.25, 0.3) is 21.9 Å². The maximum atomic E-state index is 14.5. The molecular weight excluding hydrogens is 423 g/mol. The molecule has 5 heterocycles. The smallest absolute Gasteiger partial charge is 0.326 e. The Kier molecular flexibility index (Phi) is 4.58. The quantitative estimate of drug-likeness (QED) is 0.437. The van der Waals surface area contributed by atoms with Crippen molar-refractivity contribution in [2.75, 3.05) is 30.4 Å². The van der Waals surface area contributed by atoms with Gasteiger partial charge in [-0.05, 0) is 38.3 Å². The molecule has 0 bridgehead atoms. The molecule has 2 saturated heterocycles. The standard InChI is InChI=1S/C23H25FN8O/c1-11-4-13-9-32(10-18(13)28-11)22-19-16-5-14(24)6-17(25-3)20(16)29-21(19)30-23(31-22)33-15-7-26-12(2)27-8-15/h5-8,11,13,18,25,28H,4,9-10H2,1-3H3,(H,29,30,31). The van der Waals surface area contributed by atoms with Gasteiger partial charge in [0.2, 0.25) is 0 Å². The highest BCUT2D eigenvalue weighted by atomic mass is 19.1. The molecule has 0 aliphatic carbocycles. The number of halogens is 1. The van der Waals surface area contributed by atoms with Gasteiger partial charge in [0.05, 0.1) is 29.0 Å². The van der Waals surface area contributed by atoms with E-state index in [4.69, 9.17) is 9.72 Å². The summed E-state index contributed by atoms with van der Waals surface area (Å²) in [6.07, 6.45) is 4.33. The summed E-state index contributed by atoms with van der Waals surface area (Å²) < 4.78 is 20.4. The first-order valence-corrected chi connectivity index (χ1v) is 11.2. The van der Waals surface area contributed by atoms with Crippen molar-refractivity contribution in [3.8, 4) is 11.8 Å². The van der Waals surface area contributed by atoms with E-state index in [-0.39, 0.29) is 11.8 Å². The summed E-state index contributed by atoms with van der Waals surface area (Å²) in [5.41, 5.74) is 2.04. The maximum absolute atomic E-state index is 14.5. The number of rotatable bonds is 4. The van der Waals surface area contributed by atoms with Crippen molar-refractivity contribution in [3.05, 3.63) is 36.2 Å². The van der Waals surface area contributed by atoms with Crippen molar-refractivity contribution in [1.82, 2.24) is 30.2 Å². The summed E-state index contributed by atoms with van der Waals surface area (Å²) in [6.45, 7) is 5.74. The van der Waals surface area contributed by atoms with Gasteiger partial charge in [-0.1, -0.05) is 0 Å². The predicted octanol–water partition coefficient (Wildman–Crippen LogP) is 3.37. The van der Waals surface area contributed by atoms with E-state index >= 15 is 0 Å². The van der Waals surface area contributed by atoms with Gasteiger partial charge in [0.25, 0.3) is 0 Å². The Morgan fingerprint density at radius 2 is 2.00 bits per heavy atom. The van der Waals surface area contributed by atoms with Crippen molar-refractivity contribution in [3.63, 3.8) is 0 Å². The second-order valence-corrected chi connectivity index (χ2v) is 8.95. The SMILES string of the molecule is CNc1cc(F)cc2c1[nH]c1nc(Oc3cnc(C)nc3)nc(N3CC4CC(C)NC4C3)c12. The Bertz CT molecular complexity index is 1340. The second-order valence-electron chi connectivity index (χ2n) is 8.95. The van der Waals surface area contributed by atoms with Crippen LogP contribution in [0.2, 0.25) is 0 Å². The average molecular weight is 449 g/mol. The minimum Gasteiger partial charge on any atom is -0.421 e. The third-order valence-corrected chi connectivity index (χ3v) is 6.62. The molecule has 4 aromatic rings. The third-order valence-electron chi connectivity index (χ3n) is 6.62. The fourth-order valence-corrected chi connectivity index (χ4v) is 5.19. The molecule has 6 rings (SSSR count). The van der Waals surface area contributed by atoms with Crippen LogP contribution in [0.4, 0.5) is 15.9 Å². The van der Waals surface area contributed by atoms with Gasteiger partial charge in [0.15, 0.2) is 5.75 Å². The van der Waals surface area contributed by atoms with Crippen molar-refractivity contribution in [2.45, 2.75) is 32.4 Å². The van der Waals surface area contributed by atoms with Crippen LogP contribution in [0.3, 0.4) is 0 Å². The zero-order valence-corrected chi connectivity index (χ0v) is 18.7. The molecule has 33 heavy (non-hydrogen) atoms. The molecule has 2 fully saturated rings. The largest absolute Gasteiger partial charge is 0.421 e. The van der Waals surface area contributed by atoms with E-state index in [9.17, 15) is 4.39 Å². The van der Waals surface area contributed by atoms with Crippen LogP contribution in [0.15, 0.2) is 24.5 Å². The summed E-state index contributed by atoms with van der Waals surface area (Å²) in [5.74, 6) is 2.09. The zero-order valence-electron chi connectivity index (χ0n) is 18.7. The molecule has 0 spiro atoms. The molecule has 0 amide bonds. The van der Waals surface area contributed by atoms with Crippen LogP contribution < -0.4 is 20.3 Å². The molecule has 1 aromatic carbocycles. The first-order chi connectivity index (χ1) is 16.0. The fourth-order valence-electron chi connectivity index (χ4n) is 5.19. The van der Waals surface area contributed by atoms with Gasteiger partial charge in [-0.2, -0.15) is 9.97 Å². The van der Waals surface area contributed by atoms with E-state index in [2.05, 4.69) is 42.4 Å². The highest BCUT2D eigenvalue weighted by Crippen LogP contribution is 2.40. The number of aromatic nitrogens is 5. The summed E-state index contributed by atoms with van der Waals surface area (Å²) in [5, 5.41) is 8.27. The normalized spacial score (nSPS) is 22.3. The van der Waals surface area contributed by atoms with Crippen LogP contribution >= 0.6 is 0 Å². The number of H-pyrrole nitrogens is 1. The van der Waals surface area contributed by atoms with Gasteiger partial charge >= 0.3 is 6.01 Å². The number of fused-ring (bicyclic) bond motifs is 4. The van der Waals surface area contributed by atoms with Crippen molar-refractivity contribution < 1.29 is 9.13 Å². The van der Waals surface area contributed by atoms with Crippen LogP contribution in [0.1, 0.15) is 19.2 Å². The molecular formula is C23H25FN8O. The van der Waals surface area contributed by atoms with E-state index in [1.807, 2.05) is 6.92 Å². The Morgan fingerprint density at radius 3 is 2.76 bits per heavy atom. The number of hydrogen-bond acceptors (Lipinski definition) is 8. The lowest BCUT2D eigenvalue weighted by atomic mass is 10.0. The molecule has 10 heteroatoms. The number of nitrogens with one attached hydrogen (secondary N) is 3. The minimum atomic E-state index is -0.315. The second kappa shape index (κ2) is 7.51. The molecule has 9 nitrogen and oxygen atoms in total. The van der Waals surface area contributed by atoms with Crippen LogP contribution in [0, 0.1) is 18.7 Å². The first-order valence-electron chi connectivity index (χ1n) is 11.2. The lowest BCUT2D eigenvalue weighted by Gasteiger charge is -2.21. The van der Waals surface area contributed by atoms with E-state index < -0.39 is 0 Å². The third kappa shape index (κ3) is 3.41. The Labute approximate surface area is 189 Å². The molecule has 0 saturated carbocycles. The average Bonchev–Trinajstić information content (AvgIpc) is 3.45. The predicted molar refractivity (Wildman–Crippen MR) is 124 cm³/mol. The van der Waals surface area contributed by atoms with E-state index in [0.717, 1.165) is 41.6 Å².